The molecule has 3 aromatic rings. The zero-order valence-electron chi connectivity index (χ0n) is 28.0. The Labute approximate surface area is 287 Å². The first kappa shape index (κ1) is 32.5. The van der Waals surface area contributed by atoms with Crippen LogP contribution in [0.5, 0.6) is 0 Å². The van der Waals surface area contributed by atoms with Gasteiger partial charge < -0.3 is 14.7 Å². The predicted octanol–water partition coefficient (Wildman–Crippen LogP) is 6.08. The number of anilines is 1. The second-order valence-electron chi connectivity index (χ2n) is 14.9. The molecule has 4 aliphatic heterocycles. The van der Waals surface area contributed by atoms with Gasteiger partial charge in [0.25, 0.3) is 0 Å². The smallest absolute Gasteiger partial charge is 0.245 e. The number of aromatic amines is 1. The maximum atomic E-state index is 12.3. The van der Waals surface area contributed by atoms with Gasteiger partial charge >= 0.3 is 0 Å². The van der Waals surface area contributed by atoms with Crippen LogP contribution in [0.4, 0.5) is 5.82 Å². The molecule has 4 saturated heterocycles. The highest BCUT2D eigenvalue weighted by molar-refractivity contribution is 6.45. The summed E-state index contributed by atoms with van der Waals surface area (Å²) < 4.78 is 2.17. The summed E-state index contributed by atoms with van der Waals surface area (Å²) in [6.07, 6.45) is 9.17. The van der Waals surface area contributed by atoms with Crippen molar-refractivity contribution < 1.29 is 9.59 Å². The van der Waals surface area contributed by atoms with Crippen LogP contribution in [-0.2, 0) is 9.59 Å². The normalized spacial score (nSPS) is 23.1. The van der Waals surface area contributed by atoms with Gasteiger partial charge in [-0.3, -0.25) is 24.3 Å². The molecule has 0 bridgehead atoms. The van der Waals surface area contributed by atoms with E-state index in [4.69, 9.17) is 28.3 Å². The number of fused-ring (bicyclic) bond motifs is 1. The zero-order chi connectivity index (χ0) is 33.2. The van der Waals surface area contributed by atoms with Crippen molar-refractivity contribution in [3.8, 4) is 11.1 Å². The summed E-state index contributed by atoms with van der Waals surface area (Å²) >= 11 is 13.8. The Morgan fingerprint density at radius 2 is 1.85 bits per heavy atom. The van der Waals surface area contributed by atoms with Gasteiger partial charge in [-0.25, -0.2) is 0 Å². The lowest BCUT2D eigenvalue weighted by molar-refractivity contribution is -0.140. The molecule has 0 unspecified atom stereocenters. The molecular weight excluding hydrogens is 635 g/mol. The van der Waals surface area contributed by atoms with Gasteiger partial charge in [-0.1, -0.05) is 29.8 Å². The van der Waals surface area contributed by atoms with Crippen LogP contribution in [0.2, 0.25) is 10.0 Å². The lowest BCUT2D eigenvalue weighted by Crippen LogP contribution is -2.69. The maximum Gasteiger partial charge on any atom is 0.245 e. The first-order valence-corrected chi connectivity index (χ1v) is 17.8. The Hall–Kier alpha value is -3.08. The molecule has 1 spiro atoms. The number of likely N-dealkylation sites (tertiary alicyclic amines) is 3. The van der Waals surface area contributed by atoms with Gasteiger partial charge in [-0.05, 0) is 77.4 Å². The first-order valence-electron chi connectivity index (χ1n) is 17.0. The number of amides is 2. The third-order valence-corrected chi connectivity index (χ3v) is 12.2. The molecule has 1 aromatic carbocycles. The summed E-state index contributed by atoms with van der Waals surface area (Å²) in [6.45, 7) is 18.3. The number of rotatable bonds is 6. The van der Waals surface area contributed by atoms with Gasteiger partial charge in [-0.15, -0.1) is 0 Å². The van der Waals surface area contributed by atoms with Crippen molar-refractivity contribution in [2.75, 3.05) is 50.7 Å². The van der Waals surface area contributed by atoms with E-state index in [2.05, 4.69) is 56.9 Å². The monoisotopic (exact) mass is 680 g/mol. The summed E-state index contributed by atoms with van der Waals surface area (Å²) in [5, 5.41) is 14.7. The van der Waals surface area contributed by atoms with Crippen molar-refractivity contribution in [1.29, 1.82) is 0 Å². The Morgan fingerprint density at radius 3 is 2.53 bits per heavy atom. The lowest BCUT2D eigenvalue weighted by atomic mass is 9.80. The molecule has 7 rings (SSSR count). The fraction of sp³-hybridized carbons (Fsp3) is 0.600. The van der Waals surface area contributed by atoms with Crippen molar-refractivity contribution in [1.82, 2.24) is 34.7 Å². The summed E-state index contributed by atoms with van der Waals surface area (Å²) in [7, 11) is 0. The van der Waals surface area contributed by atoms with Crippen molar-refractivity contribution in [3.05, 3.63) is 40.7 Å². The summed E-state index contributed by atoms with van der Waals surface area (Å²) in [5.74, 6) is 1.67. The number of hydrogen-bond donors (Lipinski definition) is 1. The minimum absolute atomic E-state index is 0.0208. The average Bonchev–Trinajstić information content (AvgIpc) is 3.75. The molecule has 47 heavy (non-hydrogen) atoms. The molecule has 4 aliphatic rings. The number of benzene rings is 1. The third-order valence-electron chi connectivity index (χ3n) is 11.4. The number of carbonyl (C=O) groups is 2. The molecule has 1 atom stereocenters. The summed E-state index contributed by atoms with van der Waals surface area (Å²) in [4.78, 5) is 33.6. The third kappa shape index (κ3) is 5.54. The molecule has 12 heteroatoms. The Balaban J connectivity index is 1.18. The van der Waals surface area contributed by atoms with E-state index in [9.17, 15) is 9.59 Å². The van der Waals surface area contributed by atoms with Gasteiger partial charge in [0.15, 0.2) is 5.82 Å². The van der Waals surface area contributed by atoms with Crippen molar-refractivity contribution in [2.45, 2.75) is 83.3 Å². The number of nitrogens with one attached hydrogen (secondary N) is 1. The van der Waals surface area contributed by atoms with Gasteiger partial charge in [-0.2, -0.15) is 10.2 Å². The van der Waals surface area contributed by atoms with E-state index < -0.39 is 0 Å². The van der Waals surface area contributed by atoms with E-state index in [1.54, 1.807) is 6.92 Å². The van der Waals surface area contributed by atoms with Crippen LogP contribution in [0, 0.1) is 12.8 Å². The van der Waals surface area contributed by atoms with Crippen LogP contribution >= 0.6 is 23.2 Å². The zero-order valence-corrected chi connectivity index (χ0v) is 29.5. The van der Waals surface area contributed by atoms with Crippen molar-refractivity contribution in [3.63, 3.8) is 0 Å². The lowest BCUT2D eigenvalue weighted by Gasteiger charge is -2.55. The molecule has 0 saturated carbocycles. The largest absolute Gasteiger partial charge is 0.349 e. The fourth-order valence-corrected chi connectivity index (χ4v) is 9.65. The maximum absolute atomic E-state index is 12.3. The van der Waals surface area contributed by atoms with E-state index in [1.165, 1.54) is 6.08 Å². The number of H-pyrrole nitrogens is 1. The second-order valence-corrected chi connectivity index (χ2v) is 15.6. The van der Waals surface area contributed by atoms with E-state index in [-0.39, 0.29) is 28.9 Å². The Morgan fingerprint density at radius 1 is 1.11 bits per heavy atom. The quantitative estimate of drug-likeness (QED) is 0.317. The van der Waals surface area contributed by atoms with Crippen LogP contribution in [0.1, 0.15) is 71.0 Å². The van der Waals surface area contributed by atoms with Gasteiger partial charge in [0.2, 0.25) is 11.8 Å². The fourth-order valence-electron chi connectivity index (χ4n) is 9.20. The van der Waals surface area contributed by atoms with Crippen LogP contribution < -0.4 is 4.90 Å². The molecule has 6 heterocycles. The molecule has 1 N–H and O–H groups in total. The molecule has 0 radical (unpaired) electrons. The van der Waals surface area contributed by atoms with E-state index in [0.717, 1.165) is 105 Å². The minimum atomic E-state index is -0.162. The molecule has 252 valence electrons. The van der Waals surface area contributed by atoms with E-state index in [1.807, 2.05) is 17.2 Å². The second kappa shape index (κ2) is 12.1. The minimum Gasteiger partial charge on any atom is -0.349 e. The molecule has 0 aliphatic carbocycles. The Bertz CT molecular complexity index is 1720. The van der Waals surface area contributed by atoms with Crippen molar-refractivity contribution >= 4 is 51.7 Å². The predicted molar refractivity (Wildman–Crippen MR) is 187 cm³/mol. The highest BCUT2D eigenvalue weighted by Gasteiger charge is 2.52. The van der Waals surface area contributed by atoms with E-state index in [0.29, 0.717) is 29.1 Å². The number of hydrogen-bond acceptors (Lipinski definition) is 6. The number of halogens is 2. The molecule has 2 aromatic heterocycles. The van der Waals surface area contributed by atoms with Crippen LogP contribution in [0.15, 0.2) is 24.9 Å². The molecule has 4 fully saturated rings. The van der Waals surface area contributed by atoms with Gasteiger partial charge in [0.1, 0.15) is 0 Å². The van der Waals surface area contributed by atoms with Crippen LogP contribution in [0.25, 0.3) is 22.0 Å². The number of aromatic nitrogens is 4. The van der Waals surface area contributed by atoms with Crippen LogP contribution in [0.3, 0.4) is 0 Å². The SMILES string of the molecule is C=CC(=O)N1CCC(n2nc(N3CC[C@@H](CN4CC5(CCCN5C(C)=O)C4)CC3(C)C)c(-c3c(Cl)c(Cl)cc4[nH]ncc34)c2C)CC1. The first-order chi connectivity index (χ1) is 22.4. The molecule has 2 amide bonds. The van der Waals surface area contributed by atoms with Gasteiger partial charge in [0.05, 0.1) is 33.3 Å². The number of nitrogens with zero attached hydrogens (tertiary/aromatic N) is 7. The number of piperidine rings is 2. The highest BCUT2D eigenvalue weighted by atomic mass is 35.5. The van der Waals surface area contributed by atoms with E-state index >= 15 is 0 Å². The topological polar surface area (TPSA) is 93.6 Å². The highest BCUT2D eigenvalue weighted by Crippen LogP contribution is 2.48. The van der Waals surface area contributed by atoms with Crippen molar-refractivity contribution in [2.24, 2.45) is 5.92 Å². The van der Waals surface area contributed by atoms with Crippen LogP contribution in [-0.4, -0.2) is 103 Å². The average molecular weight is 682 g/mol. The molecular formula is C35H46Cl2N8O2. The summed E-state index contributed by atoms with van der Waals surface area (Å²) in [6, 6.07) is 1.98. The molecule has 10 nitrogen and oxygen atoms in total. The standard InChI is InChI=1S/C35H46Cl2N8O2/c1-6-29(47)42-13-9-25(10-14-42)45-22(2)30(31-26-18-38-39-28(26)16-27(36)32(31)37)33(40-45)44-15-8-24(17-34(44,4)5)19-41-20-35(21-41)11-7-12-43(35)23(3)46/h6,16,18,24-25H,1,7-15,17,19-21H2,2-5H3,(H,38,39)/t24-/m1/s1. The van der Waals surface area contributed by atoms with Gasteiger partial charge in [0, 0.05) is 80.5 Å². The number of carbonyl (C=O) groups excluding carboxylic acids is 2. The Kier molecular flexibility index (Phi) is 8.36. The summed E-state index contributed by atoms with van der Waals surface area (Å²) in [5.41, 5.74) is 3.62.